The molecule has 0 unspecified atom stereocenters. The lowest BCUT2D eigenvalue weighted by Gasteiger charge is -2.62. The number of pyridine rings is 1. The first kappa shape index (κ1) is 19.3. The van der Waals surface area contributed by atoms with Crippen LogP contribution in [0, 0.1) is 19.3 Å². The SMILES string of the molecule is CC.Cc1ccc2c3c1O[C@H]1c4nc5ccccc5c(C)c4C[C@@]4(C)[C@@H](C2)NCC[C@]314. The number of hydrogen-bond donors (Lipinski definition) is 1. The van der Waals surface area contributed by atoms with E-state index in [1.165, 1.54) is 38.9 Å². The summed E-state index contributed by atoms with van der Waals surface area (Å²) in [4.78, 5) is 5.25. The average Bonchev–Trinajstić information content (AvgIpc) is 3.13. The molecule has 3 heterocycles. The Hall–Kier alpha value is -2.39. The lowest BCUT2D eigenvalue weighted by molar-refractivity contribution is -0.0435. The summed E-state index contributed by atoms with van der Waals surface area (Å²) in [6.07, 6.45) is 3.34. The molecular formula is C28H32N2O. The highest BCUT2D eigenvalue weighted by atomic mass is 16.5. The van der Waals surface area contributed by atoms with E-state index in [0.29, 0.717) is 6.04 Å². The smallest absolute Gasteiger partial charge is 0.151 e. The molecule has 0 radical (unpaired) electrons. The summed E-state index contributed by atoms with van der Waals surface area (Å²) >= 11 is 0. The zero-order valence-electron chi connectivity index (χ0n) is 19.3. The molecule has 7 rings (SSSR count). The first-order chi connectivity index (χ1) is 15.0. The third-order valence-electron chi connectivity index (χ3n) is 8.80. The largest absolute Gasteiger partial charge is 0.483 e. The number of rotatable bonds is 0. The summed E-state index contributed by atoms with van der Waals surface area (Å²) < 4.78 is 6.91. The molecular weight excluding hydrogens is 380 g/mol. The molecule has 1 aromatic heterocycles. The standard InChI is InChI=1S/C26H26N2O.C2H6/c1-14-8-9-16-12-20-25(3)13-18-15(2)17-6-4-5-7-19(17)28-22(18)24-26(25,10-11-27-20)21(16)23(14)29-24;1-2/h4-9,20,24,27H,10-13H2,1-3H3;1-2H3/t20-,24+,25+,26+;/m1./s1. The second-order valence-electron chi connectivity index (χ2n) is 9.89. The van der Waals surface area contributed by atoms with Crippen molar-refractivity contribution < 1.29 is 4.74 Å². The number of hydrogen-bond acceptors (Lipinski definition) is 3. The van der Waals surface area contributed by atoms with E-state index < -0.39 is 0 Å². The highest BCUT2D eigenvalue weighted by Gasteiger charge is 2.69. The van der Waals surface area contributed by atoms with Crippen molar-refractivity contribution in [2.75, 3.05) is 6.54 Å². The molecule has 0 amide bonds. The van der Waals surface area contributed by atoms with Gasteiger partial charge in [0.2, 0.25) is 0 Å². The number of nitrogens with one attached hydrogen (secondary N) is 1. The van der Waals surface area contributed by atoms with Crippen LogP contribution in [0.15, 0.2) is 36.4 Å². The zero-order valence-corrected chi connectivity index (χ0v) is 19.3. The molecule has 3 heteroatoms. The molecule has 1 fully saturated rings. The van der Waals surface area contributed by atoms with Gasteiger partial charge in [-0.3, -0.25) is 0 Å². The third-order valence-corrected chi connectivity index (χ3v) is 8.80. The molecule has 2 aliphatic heterocycles. The van der Waals surface area contributed by atoms with Crippen LogP contribution in [-0.4, -0.2) is 17.6 Å². The van der Waals surface area contributed by atoms with Crippen LogP contribution in [0.25, 0.3) is 10.9 Å². The summed E-state index contributed by atoms with van der Waals surface area (Å²) in [5.74, 6) is 1.15. The van der Waals surface area contributed by atoms with E-state index in [1.54, 1.807) is 0 Å². The Morgan fingerprint density at radius 2 is 1.90 bits per heavy atom. The van der Waals surface area contributed by atoms with Gasteiger partial charge in [0, 0.05) is 22.4 Å². The lowest BCUT2D eigenvalue weighted by Crippen LogP contribution is -2.68. The quantitative estimate of drug-likeness (QED) is 0.512. The normalized spacial score (nSPS) is 31.3. The maximum absolute atomic E-state index is 6.91. The molecule has 3 aromatic rings. The Kier molecular flexibility index (Phi) is 3.94. The summed E-state index contributed by atoms with van der Waals surface area (Å²) in [5.41, 5.74) is 9.56. The van der Waals surface area contributed by atoms with Crippen molar-refractivity contribution in [3.05, 3.63) is 69.9 Å². The van der Waals surface area contributed by atoms with Gasteiger partial charge in [-0.25, -0.2) is 4.98 Å². The van der Waals surface area contributed by atoms with Crippen molar-refractivity contribution in [3.63, 3.8) is 0 Å². The first-order valence-corrected chi connectivity index (χ1v) is 12.0. The molecule has 1 N–H and O–H groups in total. The fraction of sp³-hybridized carbons (Fsp3) is 0.464. The Morgan fingerprint density at radius 1 is 1.10 bits per heavy atom. The summed E-state index contributed by atoms with van der Waals surface area (Å²) in [6, 6.07) is 13.7. The monoisotopic (exact) mass is 412 g/mol. The van der Waals surface area contributed by atoms with Crippen LogP contribution in [0.3, 0.4) is 0 Å². The predicted molar refractivity (Wildman–Crippen MR) is 126 cm³/mol. The molecule has 160 valence electrons. The first-order valence-electron chi connectivity index (χ1n) is 12.0. The summed E-state index contributed by atoms with van der Waals surface area (Å²) in [5, 5.41) is 5.18. The highest BCUT2D eigenvalue weighted by Crippen LogP contribution is 2.70. The molecule has 1 saturated heterocycles. The molecule has 2 aliphatic carbocycles. The van der Waals surface area contributed by atoms with E-state index in [1.807, 2.05) is 13.8 Å². The van der Waals surface area contributed by atoms with Gasteiger partial charge in [-0.1, -0.05) is 51.1 Å². The van der Waals surface area contributed by atoms with Crippen LogP contribution in [0.4, 0.5) is 0 Å². The Bertz CT molecular complexity index is 1230. The van der Waals surface area contributed by atoms with Gasteiger partial charge in [0.25, 0.3) is 0 Å². The molecule has 2 aromatic carbocycles. The van der Waals surface area contributed by atoms with Crippen molar-refractivity contribution in [2.24, 2.45) is 5.41 Å². The number of fused-ring (bicyclic) bond motifs is 3. The second kappa shape index (κ2) is 6.32. The Morgan fingerprint density at radius 3 is 2.74 bits per heavy atom. The van der Waals surface area contributed by atoms with Gasteiger partial charge >= 0.3 is 0 Å². The summed E-state index contributed by atoms with van der Waals surface area (Å²) in [6.45, 7) is 12.1. The number of piperidine rings is 1. The maximum Gasteiger partial charge on any atom is 0.151 e. The van der Waals surface area contributed by atoms with Gasteiger partial charge in [-0.2, -0.15) is 0 Å². The predicted octanol–water partition coefficient (Wildman–Crippen LogP) is 5.73. The average molecular weight is 413 g/mol. The van der Waals surface area contributed by atoms with Gasteiger partial charge in [0.15, 0.2) is 6.10 Å². The van der Waals surface area contributed by atoms with Crippen LogP contribution in [0.5, 0.6) is 5.75 Å². The van der Waals surface area contributed by atoms with Crippen LogP contribution in [-0.2, 0) is 18.3 Å². The fourth-order valence-electron chi connectivity index (χ4n) is 7.33. The molecule has 31 heavy (non-hydrogen) atoms. The van der Waals surface area contributed by atoms with E-state index in [4.69, 9.17) is 9.72 Å². The van der Waals surface area contributed by atoms with Crippen LogP contribution in [0.2, 0.25) is 0 Å². The minimum atomic E-state index is 0.0271. The number of nitrogens with zero attached hydrogens (tertiary/aromatic N) is 1. The molecule has 0 saturated carbocycles. The van der Waals surface area contributed by atoms with E-state index in [0.717, 1.165) is 37.1 Å². The van der Waals surface area contributed by atoms with Crippen LogP contribution >= 0.6 is 0 Å². The Balaban J connectivity index is 0.000000902. The lowest BCUT2D eigenvalue weighted by atomic mass is 9.44. The van der Waals surface area contributed by atoms with E-state index in [2.05, 4.69) is 62.5 Å². The third kappa shape index (κ3) is 2.11. The van der Waals surface area contributed by atoms with E-state index in [-0.39, 0.29) is 16.9 Å². The van der Waals surface area contributed by atoms with Crippen LogP contribution in [0.1, 0.15) is 66.8 Å². The maximum atomic E-state index is 6.91. The van der Waals surface area contributed by atoms with Crippen molar-refractivity contribution in [2.45, 2.75) is 71.4 Å². The van der Waals surface area contributed by atoms with E-state index in [9.17, 15) is 0 Å². The number of benzene rings is 2. The molecule has 4 aliphatic rings. The molecule has 2 bridgehead atoms. The number of aryl methyl sites for hydroxylation is 2. The minimum Gasteiger partial charge on any atom is -0.483 e. The van der Waals surface area contributed by atoms with Gasteiger partial charge in [0.1, 0.15) is 5.75 Å². The zero-order chi connectivity index (χ0) is 21.5. The van der Waals surface area contributed by atoms with Crippen molar-refractivity contribution in [1.29, 1.82) is 0 Å². The van der Waals surface area contributed by atoms with Crippen molar-refractivity contribution in [1.82, 2.24) is 10.3 Å². The van der Waals surface area contributed by atoms with Crippen LogP contribution < -0.4 is 10.1 Å². The van der Waals surface area contributed by atoms with Gasteiger partial charge in [0.05, 0.1) is 16.6 Å². The fourth-order valence-corrected chi connectivity index (χ4v) is 7.33. The molecule has 1 spiro atoms. The molecule has 4 atom stereocenters. The van der Waals surface area contributed by atoms with Gasteiger partial charge in [-0.15, -0.1) is 0 Å². The highest BCUT2D eigenvalue weighted by molar-refractivity contribution is 5.84. The number of ether oxygens (including phenoxy) is 1. The van der Waals surface area contributed by atoms with Gasteiger partial charge in [-0.05, 0) is 68.0 Å². The number of aromatic nitrogens is 1. The topological polar surface area (TPSA) is 34.1 Å². The Labute approximate surface area is 185 Å². The molecule has 3 nitrogen and oxygen atoms in total. The summed E-state index contributed by atoms with van der Waals surface area (Å²) in [7, 11) is 0. The minimum absolute atomic E-state index is 0.0271. The van der Waals surface area contributed by atoms with E-state index >= 15 is 0 Å². The van der Waals surface area contributed by atoms with Crippen molar-refractivity contribution in [3.8, 4) is 5.75 Å². The van der Waals surface area contributed by atoms with Gasteiger partial charge < -0.3 is 10.1 Å². The second-order valence-corrected chi connectivity index (χ2v) is 9.89. The number of para-hydroxylation sites is 1. The van der Waals surface area contributed by atoms with Crippen molar-refractivity contribution >= 4 is 10.9 Å².